The van der Waals surface area contributed by atoms with Crippen LogP contribution < -0.4 is 0 Å². The van der Waals surface area contributed by atoms with Gasteiger partial charge in [-0.05, 0) is 23.8 Å². The van der Waals surface area contributed by atoms with Crippen LogP contribution in [-0.2, 0) is 26.9 Å². The molecule has 0 atom stereocenters. The van der Waals surface area contributed by atoms with E-state index in [1.54, 1.807) is 14.2 Å². The van der Waals surface area contributed by atoms with Gasteiger partial charge in [-0.1, -0.05) is 6.07 Å². The zero-order valence-corrected chi connectivity index (χ0v) is 15.3. The van der Waals surface area contributed by atoms with E-state index in [1.807, 2.05) is 0 Å². The number of halogens is 4. The van der Waals surface area contributed by atoms with Crippen LogP contribution in [0.15, 0.2) is 30.5 Å². The molecule has 0 radical (unpaired) electrons. The maximum atomic E-state index is 13.4. The molecular formula is C18H21F4NO4. The van der Waals surface area contributed by atoms with E-state index >= 15 is 0 Å². The Labute approximate surface area is 154 Å². The van der Waals surface area contributed by atoms with Crippen molar-refractivity contribution in [3.05, 3.63) is 47.5 Å². The van der Waals surface area contributed by atoms with Crippen LogP contribution in [0.3, 0.4) is 0 Å². The summed E-state index contributed by atoms with van der Waals surface area (Å²) in [6, 6.07) is 4.10. The number of alkyl halides is 3. The molecule has 150 valence electrons. The highest BCUT2D eigenvalue weighted by atomic mass is 19.4. The van der Waals surface area contributed by atoms with Crippen LogP contribution in [-0.4, -0.2) is 45.6 Å². The number of hydrogen-bond donors (Lipinski definition) is 0. The van der Waals surface area contributed by atoms with Crippen molar-refractivity contribution < 1.29 is 36.6 Å². The van der Waals surface area contributed by atoms with Crippen molar-refractivity contribution in [3.63, 3.8) is 0 Å². The standard InChI is InChI=1S/C16H15F4NO3.C2H6O/c1-23-15(24-2)8-21-6-5-11(14(21)9-22)10-3-4-13(17)12(7-10)16(18,19)20;1-3-2/h3-7,9,15H,8H2,1-2H3;1-2H3. The summed E-state index contributed by atoms with van der Waals surface area (Å²) in [5.41, 5.74) is -0.873. The van der Waals surface area contributed by atoms with E-state index in [1.165, 1.54) is 37.1 Å². The van der Waals surface area contributed by atoms with Crippen LogP contribution >= 0.6 is 0 Å². The highest BCUT2D eigenvalue weighted by Crippen LogP contribution is 2.35. The molecule has 0 aliphatic heterocycles. The largest absolute Gasteiger partial charge is 0.419 e. The molecule has 1 heterocycles. The first-order valence-corrected chi connectivity index (χ1v) is 7.70. The third-order valence-electron chi connectivity index (χ3n) is 3.57. The second-order valence-electron chi connectivity index (χ2n) is 5.39. The molecule has 2 rings (SSSR count). The van der Waals surface area contributed by atoms with Gasteiger partial charge in [-0.2, -0.15) is 13.2 Å². The summed E-state index contributed by atoms with van der Waals surface area (Å²) in [7, 11) is 6.10. The molecule has 0 aliphatic rings. The predicted molar refractivity (Wildman–Crippen MR) is 91.0 cm³/mol. The van der Waals surface area contributed by atoms with Crippen LogP contribution in [0, 0.1) is 5.82 Å². The highest BCUT2D eigenvalue weighted by molar-refractivity contribution is 5.86. The normalized spacial score (nSPS) is 11.3. The van der Waals surface area contributed by atoms with Crippen LogP contribution in [0.4, 0.5) is 17.6 Å². The number of hydrogen-bond acceptors (Lipinski definition) is 4. The van der Waals surface area contributed by atoms with Crippen molar-refractivity contribution in [1.82, 2.24) is 4.57 Å². The molecule has 0 amide bonds. The zero-order chi connectivity index (χ0) is 20.6. The van der Waals surface area contributed by atoms with Crippen LogP contribution in [0.25, 0.3) is 11.1 Å². The molecule has 0 aliphatic carbocycles. The van der Waals surface area contributed by atoms with Crippen LogP contribution in [0.1, 0.15) is 16.1 Å². The Balaban J connectivity index is 0.00000114. The number of nitrogens with zero attached hydrogens (tertiary/aromatic N) is 1. The summed E-state index contributed by atoms with van der Waals surface area (Å²) >= 11 is 0. The number of rotatable bonds is 6. The first kappa shape index (κ1) is 22.8. The first-order chi connectivity index (χ1) is 12.7. The van der Waals surface area contributed by atoms with Gasteiger partial charge in [-0.25, -0.2) is 4.39 Å². The fourth-order valence-electron chi connectivity index (χ4n) is 2.34. The molecule has 27 heavy (non-hydrogen) atoms. The molecule has 0 bridgehead atoms. The molecular weight excluding hydrogens is 370 g/mol. The lowest BCUT2D eigenvalue weighted by Crippen LogP contribution is -2.21. The second kappa shape index (κ2) is 10.2. The van der Waals surface area contributed by atoms with Gasteiger partial charge in [0.15, 0.2) is 12.6 Å². The molecule has 9 heteroatoms. The molecule has 0 fully saturated rings. The third kappa shape index (κ3) is 5.88. The van der Waals surface area contributed by atoms with E-state index in [0.29, 0.717) is 12.4 Å². The molecule has 5 nitrogen and oxygen atoms in total. The molecule has 2 aromatic rings. The average Bonchev–Trinajstić information content (AvgIpc) is 3.02. The Kier molecular flexibility index (Phi) is 8.61. The lowest BCUT2D eigenvalue weighted by Gasteiger charge is -2.15. The van der Waals surface area contributed by atoms with Gasteiger partial charge >= 0.3 is 6.18 Å². The summed E-state index contributed by atoms with van der Waals surface area (Å²) < 4.78 is 67.8. The van der Waals surface area contributed by atoms with Gasteiger partial charge in [0.05, 0.1) is 17.8 Å². The molecule has 1 aromatic heterocycles. The van der Waals surface area contributed by atoms with Crippen molar-refractivity contribution >= 4 is 6.29 Å². The summed E-state index contributed by atoms with van der Waals surface area (Å²) in [6.45, 7) is 0.175. The Morgan fingerprint density at radius 2 is 1.70 bits per heavy atom. The smallest absolute Gasteiger partial charge is 0.388 e. The van der Waals surface area contributed by atoms with Crippen molar-refractivity contribution in [2.24, 2.45) is 0 Å². The third-order valence-corrected chi connectivity index (χ3v) is 3.57. The topological polar surface area (TPSA) is 49.7 Å². The quantitative estimate of drug-likeness (QED) is 0.424. The van der Waals surface area contributed by atoms with E-state index < -0.39 is 23.8 Å². The maximum absolute atomic E-state index is 13.4. The minimum absolute atomic E-state index is 0.0935. The number of carbonyl (C=O) groups is 1. The van der Waals surface area contributed by atoms with Crippen LogP contribution in [0.5, 0.6) is 0 Å². The van der Waals surface area contributed by atoms with E-state index in [2.05, 4.69) is 4.74 Å². The number of aldehydes is 1. The molecule has 0 N–H and O–H groups in total. The van der Waals surface area contributed by atoms with Crippen molar-refractivity contribution in [3.8, 4) is 11.1 Å². The fourth-order valence-corrected chi connectivity index (χ4v) is 2.34. The Morgan fingerprint density at radius 3 is 2.19 bits per heavy atom. The van der Waals surface area contributed by atoms with Crippen molar-refractivity contribution in [1.29, 1.82) is 0 Å². The maximum Gasteiger partial charge on any atom is 0.419 e. The summed E-state index contributed by atoms with van der Waals surface area (Å²) in [4.78, 5) is 11.4. The summed E-state index contributed by atoms with van der Waals surface area (Å²) in [6.07, 6.45) is -3.39. The van der Waals surface area contributed by atoms with Gasteiger partial charge in [0.2, 0.25) is 0 Å². The number of carbonyl (C=O) groups excluding carboxylic acids is 1. The van der Waals surface area contributed by atoms with E-state index in [0.717, 1.165) is 6.07 Å². The minimum atomic E-state index is -4.82. The number of benzene rings is 1. The van der Waals surface area contributed by atoms with E-state index in [-0.39, 0.29) is 23.4 Å². The van der Waals surface area contributed by atoms with E-state index in [9.17, 15) is 22.4 Å². The SMILES string of the molecule is COC.COC(Cn1ccc(-c2ccc(F)c(C(F)(F)F)c2)c1C=O)OC. The highest BCUT2D eigenvalue weighted by Gasteiger charge is 2.34. The average molecular weight is 391 g/mol. The summed E-state index contributed by atoms with van der Waals surface area (Å²) in [5, 5.41) is 0. The molecule has 0 spiro atoms. The van der Waals surface area contributed by atoms with E-state index in [4.69, 9.17) is 9.47 Å². The van der Waals surface area contributed by atoms with Crippen molar-refractivity contribution in [2.75, 3.05) is 28.4 Å². The number of aromatic nitrogens is 1. The van der Waals surface area contributed by atoms with Gasteiger partial charge in [0.25, 0.3) is 0 Å². The van der Waals surface area contributed by atoms with Crippen molar-refractivity contribution in [2.45, 2.75) is 19.0 Å². The second-order valence-corrected chi connectivity index (χ2v) is 5.39. The number of ether oxygens (including phenoxy) is 3. The molecule has 0 saturated carbocycles. The van der Waals surface area contributed by atoms with Gasteiger partial charge in [0.1, 0.15) is 5.82 Å². The Morgan fingerprint density at radius 1 is 1.11 bits per heavy atom. The molecule has 1 aromatic carbocycles. The first-order valence-electron chi connectivity index (χ1n) is 7.70. The van der Waals surface area contributed by atoms with Gasteiger partial charge in [0, 0.05) is 40.2 Å². The molecule has 0 saturated heterocycles. The fraction of sp³-hybridized carbons (Fsp3) is 0.389. The lowest BCUT2D eigenvalue weighted by atomic mass is 10.0. The summed E-state index contributed by atoms with van der Waals surface area (Å²) in [5.74, 6) is -1.36. The van der Waals surface area contributed by atoms with Gasteiger partial charge in [-0.15, -0.1) is 0 Å². The number of methoxy groups -OCH3 is 3. The minimum Gasteiger partial charge on any atom is -0.388 e. The Hall–Kier alpha value is -2.23. The van der Waals surface area contributed by atoms with Crippen LogP contribution in [0.2, 0.25) is 0 Å². The van der Waals surface area contributed by atoms with Gasteiger partial charge in [-0.3, -0.25) is 4.79 Å². The Bertz CT molecular complexity index is 739. The zero-order valence-electron chi connectivity index (χ0n) is 15.3. The van der Waals surface area contributed by atoms with Gasteiger partial charge < -0.3 is 18.8 Å². The predicted octanol–water partition coefficient (Wildman–Crippen LogP) is 4.01. The monoisotopic (exact) mass is 391 g/mol. The lowest BCUT2D eigenvalue weighted by molar-refractivity contribution is -0.139. The molecule has 0 unspecified atom stereocenters.